The van der Waals surface area contributed by atoms with E-state index in [-0.39, 0.29) is 36.2 Å². The Kier molecular flexibility index (Phi) is 5.63. The lowest BCUT2D eigenvalue weighted by Gasteiger charge is -2.29. The van der Waals surface area contributed by atoms with Crippen molar-refractivity contribution in [2.45, 2.75) is 44.2 Å². The number of nitrogens with zero attached hydrogens (tertiary/aromatic N) is 1. The van der Waals surface area contributed by atoms with Crippen LogP contribution in [0.2, 0.25) is 0 Å². The summed E-state index contributed by atoms with van der Waals surface area (Å²) < 4.78 is 0. The Hall–Kier alpha value is -2.87. The molecule has 3 fully saturated rings. The van der Waals surface area contributed by atoms with E-state index in [9.17, 15) is 19.5 Å². The Morgan fingerprint density at radius 3 is 2.81 bits per heavy atom. The number of fused-ring (bicyclic) bond motifs is 2. The highest BCUT2D eigenvalue weighted by Crippen LogP contribution is 2.43. The first-order valence-corrected chi connectivity index (χ1v) is 11.6. The number of aliphatic hydroxyl groups is 1. The van der Waals surface area contributed by atoms with Crippen molar-refractivity contribution >= 4 is 28.6 Å². The number of H-pyrrole nitrogens is 1. The zero-order valence-electron chi connectivity index (χ0n) is 18.0. The van der Waals surface area contributed by atoms with E-state index in [1.807, 2.05) is 30.3 Å². The number of aromatic nitrogens is 1. The summed E-state index contributed by atoms with van der Waals surface area (Å²) in [4.78, 5) is 43.7. The van der Waals surface area contributed by atoms with Crippen LogP contribution in [0.1, 0.15) is 42.6 Å². The normalized spacial score (nSPS) is 28.0. The van der Waals surface area contributed by atoms with Gasteiger partial charge in [-0.1, -0.05) is 24.6 Å². The van der Waals surface area contributed by atoms with Crippen molar-refractivity contribution in [1.82, 2.24) is 20.5 Å². The molecule has 5 rings (SSSR count). The molecule has 1 aromatic carbocycles. The molecule has 3 heterocycles. The van der Waals surface area contributed by atoms with Gasteiger partial charge in [0.15, 0.2) is 0 Å². The molecule has 0 radical (unpaired) electrons. The lowest BCUT2D eigenvalue weighted by Crippen LogP contribution is -2.52. The standard InChI is InChI=1S/C24H30N4O4/c29-13-17(10-15-8-9-25-22(15)30)26-23(31)21-18-6-3-5-16(18)12-28(21)24(32)20-11-14-4-1-2-7-19(14)27-20/h1-2,4,7,11,15-18,21,27,29H,3,5-6,8-10,12-13H2,(H,25,30)(H,26,31)/t15-,16-,17-,18-,21-/m0/s1. The van der Waals surface area contributed by atoms with Gasteiger partial charge in [-0.2, -0.15) is 0 Å². The molecule has 0 spiro atoms. The monoisotopic (exact) mass is 438 g/mol. The van der Waals surface area contributed by atoms with Gasteiger partial charge < -0.3 is 25.6 Å². The van der Waals surface area contributed by atoms with Crippen molar-refractivity contribution in [3.05, 3.63) is 36.0 Å². The van der Waals surface area contributed by atoms with Crippen molar-refractivity contribution in [3.8, 4) is 0 Å². The summed E-state index contributed by atoms with van der Waals surface area (Å²) in [5, 5.41) is 16.6. The smallest absolute Gasteiger partial charge is 0.271 e. The fourth-order valence-electron chi connectivity index (χ4n) is 5.87. The molecule has 170 valence electrons. The van der Waals surface area contributed by atoms with Crippen LogP contribution < -0.4 is 10.6 Å². The largest absolute Gasteiger partial charge is 0.394 e. The average molecular weight is 439 g/mol. The number of carbonyl (C=O) groups excluding carboxylic acids is 3. The van der Waals surface area contributed by atoms with Crippen LogP contribution in [0.25, 0.3) is 10.9 Å². The number of hydrogen-bond acceptors (Lipinski definition) is 4. The lowest BCUT2D eigenvalue weighted by atomic mass is 9.92. The third kappa shape index (κ3) is 3.77. The Morgan fingerprint density at radius 2 is 2.06 bits per heavy atom. The molecule has 2 aromatic rings. The number of likely N-dealkylation sites (tertiary alicyclic amines) is 1. The number of carbonyl (C=O) groups is 3. The van der Waals surface area contributed by atoms with E-state index >= 15 is 0 Å². The van der Waals surface area contributed by atoms with Crippen LogP contribution in [0.15, 0.2) is 30.3 Å². The molecular formula is C24H30N4O4. The third-order valence-electron chi connectivity index (χ3n) is 7.48. The minimum Gasteiger partial charge on any atom is -0.394 e. The number of aliphatic hydroxyl groups excluding tert-OH is 1. The van der Waals surface area contributed by atoms with Crippen LogP contribution in [-0.4, -0.2) is 64.5 Å². The first-order chi connectivity index (χ1) is 15.5. The summed E-state index contributed by atoms with van der Waals surface area (Å²) >= 11 is 0. The minimum absolute atomic E-state index is 0.0231. The van der Waals surface area contributed by atoms with Gasteiger partial charge in [0.05, 0.1) is 12.6 Å². The predicted octanol–water partition coefficient (Wildman–Crippen LogP) is 1.41. The lowest BCUT2D eigenvalue weighted by molar-refractivity contribution is -0.128. The number of amides is 3. The molecular weight excluding hydrogens is 408 g/mol. The van der Waals surface area contributed by atoms with Gasteiger partial charge in [-0.3, -0.25) is 14.4 Å². The molecule has 1 aromatic heterocycles. The van der Waals surface area contributed by atoms with Gasteiger partial charge in [0, 0.05) is 29.9 Å². The van der Waals surface area contributed by atoms with E-state index in [0.717, 1.165) is 30.2 Å². The maximum atomic E-state index is 13.5. The number of para-hydroxylation sites is 1. The van der Waals surface area contributed by atoms with E-state index in [4.69, 9.17) is 0 Å². The van der Waals surface area contributed by atoms with Crippen LogP contribution >= 0.6 is 0 Å². The van der Waals surface area contributed by atoms with Gasteiger partial charge in [0.25, 0.3) is 5.91 Å². The second kappa shape index (κ2) is 8.58. The number of aromatic amines is 1. The summed E-state index contributed by atoms with van der Waals surface area (Å²) in [7, 11) is 0. The fourth-order valence-corrected chi connectivity index (χ4v) is 5.87. The Balaban J connectivity index is 1.35. The van der Waals surface area contributed by atoms with Crippen molar-refractivity contribution < 1.29 is 19.5 Å². The van der Waals surface area contributed by atoms with Crippen LogP contribution in [0.3, 0.4) is 0 Å². The second-order valence-corrected chi connectivity index (χ2v) is 9.43. The molecule has 2 saturated heterocycles. The van der Waals surface area contributed by atoms with Gasteiger partial charge in [0.2, 0.25) is 11.8 Å². The van der Waals surface area contributed by atoms with Crippen LogP contribution in [0, 0.1) is 17.8 Å². The summed E-state index contributed by atoms with van der Waals surface area (Å²) in [5.74, 6) is -0.137. The van der Waals surface area contributed by atoms with Gasteiger partial charge >= 0.3 is 0 Å². The summed E-state index contributed by atoms with van der Waals surface area (Å²) in [6.45, 7) is 0.979. The number of nitrogens with one attached hydrogen (secondary N) is 3. The second-order valence-electron chi connectivity index (χ2n) is 9.43. The number of hydrogen-bond donors (Lipinski definition) is 4. The third-order valence-corrected chi connectivity index (χ3v) is 7.48. The zero-order valence-corrected chi connectivity index (χ0v) is 18.0. The van der Waals surface area contributed by atoms with Gasteiger partial charge in [-0.15, -0.1) is 0 Å². The molecule has 5 atom stereocenters. The van der Waals surface area contributed by atoms with Crippen LogP contribution in [0.4, 0.5) is 0 Å². The van der Waals surface area contributed by atoms with Crippen molar-refractivity contribution in [1.29, 1.82) is 0 Å². The molecule has 2 aliphatic heterocycles. The maximum absolute atomic E-state index is 13.5. The van der Waals surface area contributed by atoms with E-state index < -0.39 is 12.1 Å². The minimum atomic E-state index is -0.548. The molecule has 32 heavy (non-hydrogen) atoms. The molecule has 8 heteroatoms. The number of benzene rings is 1. The van der Waals surface area contributed by atoms with Crippen molar-refractivity contribution in [2.75, 3.05) is 19.7 Å². The van der Waals surface area contributed by atoms with Gasteiger partial charge in [-0.05, 0) is 49.7 Å². The first-order valence-electron chi connectivity index (χ1n) is 11.6. The summed E-state index contributed by atoms with van der Waals surface area (Å²) in [6, 6.07) is 8.53. The Morgan fingerprint density at radius 1 is 1.22 bits per heavy atom. The maximum Gasteiger partial charge on any atom is 0.271 e. The highest BCUT2D eigenvalue weighted by atomic mass is 16.3. The zero-order chi connectivity index (χ0) is 22.2. The topological polar surface area (TPSA) is 115 Å². The van der Waals surface area contributed by atoms with Crippen molar-refractivity contribution in [2.24, 2.45) is 17.8 Å². The number of rotatable bonds is 6. The molecule has 0 bridgehead atoms. The Bertz CT molecular complexity index is 1000. The summed E-state index contributed by atoms with van der Waals surface area (Å²) in [5.41, 5.74) is 1.39. The highest BCUT2D eigenvalue weighted by Gasteiger charge is 2.50. The average Bonchev–Trinajstić information content (AvgIpc) is 3.56. The Labute approximate surface area is 186 Å². The first kappa shape index (κ1) is 21.0. The summed E-state index contributed by atoms with van der Waals surface area (Å²) in [6.07, 6.45) is 4.14. The van der Waals surface area contributed by atoms with E-state index in [1.54, 1.807) is 4.90 Å². The molecule has 1 aliphatic carbocycles. The molecule has 4 N–H and O–H groups in total. The fraction of sp³-hybridized carbons (Fsp3) is 0.542. The predicted molar refractivity (Wildman–Crippen MR) is 119 cm³/mol. The van der Waals surface area contributed by atoms with E-state index in [2.05, 4.69) is 15.6 Å². The van der Waals surface area contributed by atoms with Crippen LogP contribution in [-0.2, 0) is 9.59 Å². The van der Waals surface area contributed by atoms with E-state index in [1.165, 1.54) is 0 Å². The quantitative estimate of drug-likeness (QED) is 0.546. The van der Waals surface area contributed by atoms with Crippen molar-refractivity contribution in [3.63, 3.8) is 0 Å². The van der Waals surface area contributed by atoms with Gasteiger partial charge in [-0.25, -0.2) is 0 Å². The van der Waals surface area contributed by atoms with Gasteiger partial charge in [0.1, 0.15) is 11.7 Å². The molecule has 3 aliphatic rings. The molecule has 0 unspecified atom stereocenters. The SMILES string of the molecule is O=C1NCC[C@H]1C[C@@H](CO)NC(=O)[C@@H]1[C@H]2CCC[C@H]2CN1C(=O)c1cc2ccccc2[nH]1. The molecule has 1 saturated carbocycles. The van der Waals surface area contributed by atoms with Crippen LogP contribution in [0.5, 0.6) is 0 Å². The molecule has 8 nitrogen and oxygen atoms in total. The molecule has 3 amide bonds. The van der Waals surface area contributed by atoms with E-state index in [0.29, 0.717) is 37.5 Å². The highest BCUT2D eigenvalue weighted by molar-refractivity contribution is 6.00.